The van der Waals surface area contributed by atoms with E-state index in [1.165, 1.54) is 0 Å². The maximum atomic E-state index is 11.4. The Morgan fingerprint density at radius 2 is 1.91 bits per heavy atom. The van der Waals surface area contributed by atoms with Gasteiger partial charge in [-0.1, -0.05) is 30.3 Å². The Kier molecular flexibility index (Phi) is 5.38. The van der Waals surface area contributed by atoms with E-state index >= 15 is 0 Å². The van der Waals surface area contributed by atoms with Gasteiger partial charge in [-0.25, -0.2) is 4.79 Å². The number of hydrogen-bond acceptors (Lipinski definition) is 4. The van der Waals surface area contributed by atoms with Crippen molar-refractivity contribution in [3.63, 3.8) is 0 Å². The number of alkyl carbamates (subject to hydrolysis) is 1. The van der Waals surface area contributed by atoms with Crippen LogP contribution in [0.25, 0.3) is 0 Å². The minimum absolute atomic E-state index is 0.439. The van der Waals surface area contributed by atoms with E-state index in [2.05, 4.69) is 5.32 Å². The summed E-state index contributed by atoms with van der Waals surface area (Å²) in [7, 11) is 0. The van der Waals surface area contributed by atoms with Gasteiger partial charge in [-0.15, -0.1) is 0 Å². The summed E-state index contributed by atoms with van der Waals surface area (Å²) in [6.07, 6.45) is -1.60. The van der Waals surface area contributed by atoms with Crippen molar-refractivity contribution in [3.05, 3.63) is 60.2 Å². The van der Waals surface area contributed by atoms with Crippen molar-refractivity contribution >= 4 is 6.09 Å². The van der Waals surface area contributed by atoms with Crippen LogP contribution in [-0.4, -0.2) is 12.6 Å². The van der Waals surface area contributed by atoms with Crippen LogP contribution >= 0.6 is 0 Å². The minimum atomic E-state index is -0.981. The Balaban J connectivity index is 2.12. The molecule has 1 unspecified atom stereocenters. The van der Waals surface area contributed by atoms with Gasteiger partial charge in [-0.2, -0.15) is 5.26 Å². The Labute approximate surface area is 129 Å². The van der Waals surface area contributed by atoms with Crippen molar-refractivity contribution in [3.8, 4) is 17.6 Å². The van der Waals surface area contributed by atoms with E-state index in [-0.39, 0.29) is 0 Å². The molecule has 1 N–H and O–H groups in total. The fourth-order valence-corrected chi connectivity index (χ4v) is 1.83. The van der Waals surface area contributed by atoms with Gasteiger partial charge in [0.15, 0.2) is 0 Å². The molecule has 112 valence electrons. The third kappa shape index (κ3) is 4.25. The fourth-order valence-electron chi connectivity index (χ4n) is 1.83. The summed E-state index contributed by atoms with van der Waals surface area (Å²) in [5, 5.41) is 11.7. The number of hydrogen-bond donors (Lipinski definition) is 1. The van der Waals surface area contributed by atoms with Gasteiger partial charge < -0.3 is 14.8 Å². The van der Waals surface area contributed by atoms with Crippen LogP contribution in [0, 0.1) is 11.3 Å². The molecule has 1 atom stereocenters. The lowest BCUT2D eigenvalue weighted by atomic mass is 10.1. The zero-order chi connectivity index (χ0) is 15.8. The molecule has 0 radical (unpaired) electrons. The molecule has 2 aromatic rings. The molecule has 0 bridgehead atoms. The third-order valence-corrected chi connectivity index (χ3v) is 2.80. The minimum Gasteiger partial charge on any atom is -0.457 e. The SMILES string of the molecule is CCNC(=O)OC(C#N)c1cccc(Oc2ccccc2)c1. The van der Waals surface area contributed by atoms with Crippen molar-refractivity contribution in [2.45, 2.75) is 13.0 Å². The van der Waals surface area contributed by atoms with E-state index in [1.54, 1.807) is 31.2 Å². The number of nitrogens with one attached hydrogen (secondary N) is 1. The summed E-state index contributed by atoms with van der Waals surface area (Å²) >= 11 is 0. The Morgan fingerprint density at radius 3 is 2.59 bits per heavy atom. The number of para-hydroxylation sites is 1. The van der Waals surface area contributed by atoms with Crippen molar-refractivity contribution in [2.75, 3.05) is 6.54 Å². The predicted octanol–water partition coefficient (Wildman–Crippen LogP) is 3.79. The molecule has 5 heteroatoms. The average Bonchev–Trinajstić information content (AvgIpc) is 2.54. The van der Waals surface area contributed by atoms with Gasteiger partial charge in [-0.05, 0) is 31.2 Å². The first-order valence-electron chi connectivity index (χ1n) is 6.90. The van der Waals surface area contributed by atoms with Gasteiger partial charge in [0, 0.05) is 12.1 Å². The molecule has 0 aliphatic carbocycles. The van der Waals surface area contributed by atoms with Crippen LogP contribution in [-0.2, 0) is 4.74 Å². The van der Waals surface area contributed by atoms with Gasteiger partial charge in [-0.3, -0.25) is 0 Å². The van der Waals surface area contributed by atoms with Crippen molar-refractivity contribution in [2.24, 2.45) is 0 Å². The molecule has 0 saturated carbocycles. The number of carbonyl (C=O) groups is 1. The average molecular weight is 296 g/mol. The molecule has 0 aromatic heterocycles. The summed E-state index contributed by atoms with van der Waals surface area (Å²) in [6, 6.07) is 18.2. The number of ether oxygens (including phenoxy) is 2. The van der Waals surface area contributed by atoms with Gasteiger partial charge >= 0.3 is 6.09 Å². The Morgan fingerprint density at radius 1 is 1.18 bits per heavy atom. The summed E-state index contributed by atoms with van der Waals surface area (Å²) < 4.78 is 10.8. The van der Waals surface area contributed by atoms with Crippen LogP contribution in [0.4, 0.5) is 4.79 Å². The van der Waals surface area contributed by atoms with Crippen molar-refractivity contribution in [1.82, 2.24) is 5.32 Å². The lowest BCUT2D eigenvalue weighted by Gasteiger charge is -2.13. The number of benzene rings is 2. The van der Waals surface area contributed by atoms with E-state index in [0.717, 1.165) is 0 Å². The number of amides is 1. The standard InChI is InChI=1S/C17H16N2O3/c1-2-19-17(20)22-16(12-18)13-7-6-10-15(11-13)21-14-8-4-3-5-9-14/h3-11,16H,2H2,1H3,(H,19,20). The fraction of sp³-hybridized carbons (Fsp3) is 0.176. The highest BCUT2D eigenvalue weighted by Gasteiger charge is 2.16. The van der Waals surface area contributed by atoms with Crippen LogP contribution in [0.5, 0.6) is 11.5 Å². The van der Waals surface area contributed by atoms with Crippen LogP contribution < -0.4 is 10.1 Å². The van der Waals surface area contributed by atoms with E-state index in [9.17, 15) is 10.1 Å². The first-order chi connectivity index (χ1) is 10.7. The van der Waals surface area contributed by atoms with E-state index in [4.69, 9.17) is 9.47 Å². The van der Waals surface area contributed by atoms with Crippen LogP contribution in [0.2, 0.25) is 0 Å². The molecule has 0 aliphatic heterocycles. The van der Waals surface area contributed by atoms with Crippen LogP contribution in [0.1, 0.15) is 18.6 Å². The number of carbonyl (C=O) groups excluding carboxylic acids is 1. The highest BCUT2D eigenvalue weighted by molar-refractivity contribution is 5.67. The normalized spacial score (nSPS) is 11.1. The lowest BCUT2D eigenvalue weighted by Crippen LogP contribution is -2.25. The zero-order valence-electron chi connectivity index (χ0n) is 12.2. The molecule has 1 amide bonds. The molecule has 0 saturated heterocycles. The summed E-state index contributed by atoms with van der Waals surface area (Å²) in [5.74, 6) is 1.27. The predicted molar refractivity (Wildman–Crippen MR) is 81.5 cm³/mol. The summed E-state index contributed by atoms with van der Waals surface area (Å²) in [5.41, 5.74) is 0.558. The Hall–Kier alpha value is -3.00. The molecule has 0 fully saturated rings. The smallest absolute Gasteiger partial charge is 0.408 e. The molecule has 22 heavy (non-hydrogen) atoms. The second-order valence-electron chi connectivity index (χ2n) is 4.43. The van der Waals surface area contributed by atoms with E-state index in [0.29, 0.717) is 23.6 Å². The topological polar surface area (TPSA) is 71.3 Å². The molecule has 0 aliphatic rings. The maximum Gasteiger partial charge on any atom is 0.408 e. The molecule has 0 heterocycles. The molecular weight excluding hydrogens is 280 g/mol. The quantitative estimate of drug-likeness (QED) is 0.911. The first kappa shape index (κ1) is 15.4. The molecule has 5 nitrogen and oxygen atoms in total. The molecular formula is C17H16N2O3. The van der Waals surface area contributed by atoms with E-state index in [1.807, 2.05) is 36.4 Å². The van der Waals surface area contributed by atoms with Gasteiger partial charge in [0.2, 0.25) is 6.10 Å². The second-order valence-corrected chi connectivity index (χ2v) is 4.43. The van der Waals surface area contributed by atoms with Crippen molar-refractivity contribution in [1.29, 1.82) is 5.26 Å². The number of nitriles is 1. The first-order valence-corrected chi connectivity index (χ1v) is 6.90. The van der Waals surface area contributed by atoms with Crippen LogP contribution in [0.15, 0.2) is 54.6 Å². The highest BCUT2D eigenvalue weighted by atomic mass is 16.6. The van der Waals surface area contributed by atoms with Gasteiger partial charge in [0.1, 0.15) is 17.6 Å². The Bertz CT molecular complexity index is 665. The molecule has 2 aromatic carbocycles. The lowest BCUT2D eigenvalue weighted by molar-refractivity contribution is 0.123. The molecule has 2 rings (SSSR count). The monoisotopic (exact) mass is 296 g/mol. The summed E-state index contributed by atoms with van der Waals surface area (Å²) in [4.78, 5) is 11.4. The van der Waals surface area contributed by atoms with Gasteiger partial charge in [0.25, 0.3) is 0 Å². The van der Waals surface area contributed by atoms with Gasteiger partial charge in [0.05, 0.1) is 0 Å². The molecule has 0 spiro atoms. The highest BCUT2D eigenvalue weighted by Crippen LogP contribution is 2.25. The number of rotatable bonds is 5. The third-order valence-electron chi connectivity index (χ3n) is 2.80. The summed E-state index contributed by atoms with van der Waals surface area (Å²) in [6.45, 7) is 2.21. The largest absolute Gasteiger partial charge is 0.457 e. The van der Waals surface area contributed by atoms with Crippen molar-refractivity contribution < 1.29 is 14.3 Å². The van der Waals surface area contributed by atoms with Crippen LogP contribution in [0.3, 0.4) is 0 Å². The van der Waals surface area contributed by atoms with E-state index < -0.39 is 12.2 Å². The maximum absolute atomic E-state index is 11.4. The second kappa shape index (κ2) is 7.70. The number of nitrogens with zero attached hydrogens (tertiary/aromatic N) is 1. The zero-order valence-corrected chi connectivity index (χ0v) is 12.2.